The molecule has 1 aliphatic heterocycles. The molecule has 7 nitrogen and oxygen atoms in total. The van der Waals surface area contributed by atoms with Crippen molar-refractivity contribution in [1.82, 2.24) is 9.80 Å². The molecule has 7 heteroatoms. The second-order valence-corrected chi connectivity index (χ2v) is 6.77. The summed E-state index contributed by atoms with van der Waals surface area (Å²) >= 11 is 0. The molecule has 0 amide bonds. The van der Waals surface area contributed by atoms with Crippen LogP contribution in [0.25, 0.3) is 0 Å². The average Bonchev–Trinajstić information content (AvgIpc) is 2.60. The molecular weight excluding hydrogens is 320 g/mol. The fourth-order valence-corrected chi connectivity index (χ4v) is 2.98. The third-order valence-electron chi connectivity index (χ3n) is 4.39. The van der Waals surface area contributed by atoms with Crippen LogP contribution in [0, 0.1) is 10.1 Å². The van der Waals surface area contributed by atoms with E-state index in [1.54, 1.807) is 6.07 Å². The molecule has 0 bridgehead atoms. The van der Waals surface area contributed by atoms with Gasteiger partial charge in [-0.15, -0.1) is 0 Å². The van der Waals surface area contributed by atoms with Crippen LogP contribution in [0.1, 0.15) is 25.7 Å². The zero-order chi connectivity index (χ0) is 18.1. The molecular formula is C18H30N4O3. The first-order chi connectivity index (χ1) is 12.1. The first-order valence-corrected chi connectivity index (χ1v) is 9.08. The van der Waals surface area contributed by atoms with Crippen molar-refractivity contribution >= 4 is 11.4 Å². The molecule has 0 aromatic heterocycles. The molecule has 1 fully saturated rings. The molecule has 1 heterocycles. The topological polar surface area (TPSA) is 70.9 Å². The lowest BCUT2D eigenvalue weighted by atomic mass is 10.1. The molecule has 2 rings (SSSR count). The Morgan fingerprint density at radius 3 is 2.72 bits per heavy atom. The maximum Gasteiger partial charge on any atom is 0.273 e. The predicted molar refractivity (Wildman–Crippen MR) is 101 cm³/mol. The quantitative estimate of drug-likeness (QED) is 0.397. The number of nitrogens with one attached hydrogen (secondary N) is 1. The molecule has 1 aromatic rings. The predicted octanol–water partition coefficient (Wildman–Crippen LogP) is 2.82. The third kappa shape index (κ3) is 6.88. The van der Waals surface area contributed by atoms with Gasteiger partial charge in [-0.1, -0.05) is 6.42 Å². The van der Waals surface area contributed by atoms with E-state index in [1.807, 2.05) is 14.1 Å². The van der Waals surface area contributed by atoms with Gasteiger partial charge in [-0.05, 0) is 59.1 Å². The van der Waals surface area contributed by atoms with Crippen LogP contribution in [0.15, 0.2) is 18.2 Å². The van der Waals surface area contributed by atoms with E-state index in [1.165, 1.54) is 31.4 Å². The Hall–Kier alpha value is -1.86. The molecule has 1 saturated heterocycles. The van der Waals surface area contributed by atoms with Gasteiger partial charge in [0.15, 0.2) is 0 Å². The number of rotatable bonds is 10. The van der Waals surface area contributed by atoms with Gasteiger partial charge >= 0.3 is 0 Å². The van der Waals surface area contributed by atoms with Crippen LogP contribution in [0.3, 0.4) is 0 Å². The van der Waals surface area contributed by atoms with Gasteiger partial charge in [0.05, 0.1) is 16.7 Å². The monoisotopic (exact) mass is 350 g/mol. The highest BCUT2D eigenvalue weighted by molar-refractivity contribution is 5.60. The van der Waals surface area contributed by atoms with Gasteiger partial charge < -0.3 is 15.0 Å². The Morgan fingerprint density at radius 2 is 2.04 bits per heavy atom. The van der Waals surface area contributed by atoms with Crippen LogP contribution >= 0.6 is 0 Å². The summed E-state index contributed by atoms with van der Waals surface area (Å²) in [5, 5.41) is 14.4. The van der Waals surface area contributed by atoms with Gasteiger partial charge in [-0.3, -0.25) is 15.0 Å². The molecule has 140 valence electrons. The Kier molecular flexibility index (Phi) is 7.94. The van der Waals surface area contributed by atoms with Crippen molar-refractivity contribution < 1.29 is 9.66 Å². The smallest absolute Gasteiger partial charge is 0.273 e. The largest absolute Gasteiger partial charge is 0.490 e. The zero-order valence-electron chi connectivity index (χ0n) is 15.4. The molecule has 1 aliphatic rings. The van der Waals surface area contributed by atoms with Gasteiger partial charge in [-0.2, -0.15) is 0 Å². The third-order valence-corrected chi connectivity index (χ3v) is 4.39. The molecule has 0 spiro atoms. The SMILES string of the molecule is CN(C)CCCNc1ccc([N+](=O)[O-])cc1OCCN1CCCCC1. The van der Waals surface area contributed by atoms with E-state index < -0.39 is 0 Å². The lowest BCUT2D eigenvalue weighted by molar-refractivity contribution is -0.384. The minimum atomic E-state index is -0.382. The number of ether oxygens (including phenoxy) is 1. The highest BCUT2D eigenvalue weighted by atomic mass is 16.6. The van der Waals surface area contributed by atoms with Crippen LogP contribution in [0.5, 0.6) is 5.75 Å². The van der Waals surface area contributed by atoms with Crippen LogP contribution < -0.4 is 10.1 Å². The van der Waals surface area contributed by atoms with Gasteiger partial charge in [0.25, 0.3) is 5.69 Å². The van der Waals surface area contributed by atoms with E-state index in [4.69, 9.17) is 4.74 Å². The van der Waals surface area contributed by atoms with E-state index in [0.717, 1.165) is 44.8 Å². The highest BCUT2D eigenvalue weighted by Crippen LogP contribution is 2.29. The van der Waals surface area contributed by atoms with Gasteiger partial charge in [0.2, 0.25) is 0 Å². The summed E-state index contributed by atoms with van der Waals surface area (Å²) in [6.07, 6.45) is 4.80. The summed E-state index contributed by atoms with van der Waals surface area (Å²) in [6, 6.07) is 4.78. The van der Waals surface area contributed by atoms with Crippen molar-refractivity contribution in [2.75, 3.05) is 58.7 Å². The van der Waals surface area contributed by atoms with Crippen molar-refractivity contribution in [2.24, 2.45) is 0 Å². The minimum absolute atomic E-state index is 0.0619. The number of hydrogen-bond acceptors (Lipinski definition) is 6. The molecule has 1 aromatic carbocycles. The molecule has 0 unspecified atom stereocenters. The van der Waals surface area contributed by atoms with Crippen molar-refractivity contribution in [3.05, 3.63) is 28.3 Å². The Bertz CT molecular complexity index is 545. The summed E-state index contributed by atoms with van der Waals surface area (Å²) < 4.78 is 5.89. The van der Waals surface area contributed by atoms with E-state index >= 15 is 0 Å². The summed E-state index contributed by atoms with van der Waals surface area (Å²) in [5.41, 5.74) is 0.884. The average molecular weight is 350 g/mol. The number of nitro groups is 1. The van der Waals surface area contributed by atoms with Crippen LogP contribution in [0.4, 0.5) is 11.4 Å². The maximum atomic E-state index is 11.0. The van der Waals surface area contributed by atoms with Crippen molar-refractivity contribution in [1.29, 1.82) is 0 Å². The Labute approximate surface area is 150 Å². The Balaban J connectivity index is 1.91. The van der Waals surface area contributed by atoms with Crippen LogP contribution in [-0.2, 0) is 0 Å². The molecule has 0 atom stereocenters. The van der Waals surface area contributed by atoms with E-state index in [9.17, 15) is 10.1 Å². The lowest BCUT2D eigenvalue weighted by Crippen LogP contribution is -2.33. The second-order valence-electron chi connectivity index (χ2n) is 6.77. The normalized spacial score (nSPS) is 15.3. The standard InChI is InChI=1S/C18H30N4O3/c1-20(2)10-6-9-19-17-8-7-16(22(23)24)15-18(17)25-14-13-21-11-4-3-5-12-21/h7-8,15,19H,3-6,9-14H2,1-2H3. The highest BCUT2D eigenvalue weighted by Gasteiger charge is 2.14. The number of nitrogens with zero attached hydrogens (tertiary/aromatic N) is 3. The zero-order valence-corrected chi connectivity index (χ0v) is 15.4. The summed E-state index contributed by atoms with van der Waals surface area (Å²) in [5.74, 6) is 0.566. The maximum absolute atomic E-state index is 11.0. The molecule has 0 saturated carbocycles. The molecule has 1 N–H and O–H groups in total. The summed E-state index contributed by atoms with van der Waals surface area (Å²) in [7, 11) is 4.09. The number of benzene rings is 1. The fraction of sp³-hybridized carbons (Fsp3) is 0.667. The van der Waals surface area contributed by atoms with Gasteiger partial charge in [0.1, 0.15) is 12.4 Å². The van der Waals surface area contributed by atoms with Crippen LogP contribution in [0.2, 0.25) is 0 Å². The first-order valence-electron chi connectivity index (χ1n) is 9.08. The van der Waals surface area contributed by atoms with Crippen molar-refractivity contribution in [3.8, 4) is 5.75 Å². The van der Waals surface area contributed by atoms with E-state index in [0.29, 0.717) is 12.4 Å². The number of non-ortho nitro benzene ring substituents is 1. The molecule has 0 radical (unpaired) electrons. The number of anilines is 1. The second kappa shape index (κ2) is 10.2. The van der Waals surface area contributed by atoms with Gasteiger partial charge in [0, 0.05) is 19.2 Å². The van der Waals surface area contributed by atoms with Crippen molar-refractivity contribution in [3.63, 3.8) is 0 Å². The van der Waals surface area contributed by atoms with Crippen molar-refractivity contribution in [2.45, 2.75) is 25.7 Å². The molecule has 0 aliphatic carbocycles. The first kappa shape index (κ1) is 19.5. The van der Waals surface area contributed by atoms with Crippen LogP contribution in [-0.4, -0.2) is 68.1 Å². The number of hydrogen-bond donors (Lipinski definition) is 1. The fourth-order valence-electron chi connectivity index (χ4n) is 2.98. The molecule has 25 heavy (non-hydrogen) atoms. The summed E-state index contributed by atoms with van der Waals surface area (Å²) in [4.78, 5) is 15.2. The van der Waals surface area contributed by atoms with E-state index in [2.05, 4.69) is 15.1 Å². The van der Waals surface area contributed by atoms with E-state index in [-0.39, 0.29) is 10.6 Å². The van der Waals surface area contributed by atoms with Gasteiger partial charge in [-0.25, -0.2) is 0 Å². The Morgan fingerprint density at radius 1 is 1.28 bits per heavy atom. The number of nitro benzene ring substituents is 1. The lowest BCUT2D eigenvalue weighted by Gasteiger charge is -2.26. The number of piperidine rings is 1. The summed E-state index contributed by atoms with van der Waals surface area (Å²) in [6.45, 7) is 5.45. The minimum Gasteiger partial charge on any atom is -0.490 e. The number of likely N-dealkylation sites (tertiary alicyclic amines) is 1.